The summed E-state index contributed by atoms with van der Waals surface area (Å²) in [4.78, 5) is 40.0. The summed E-state index contributed by atoms with van der Waals surface area (Å²) in [5, 5.41) is 11.4. The Morgan fingerprint density at radius 2 is 1.84 bits per heavy atom. The molecule has 5 nitrogen and oxygen atoms in total. The van der Waals surface area contributed by atoms with Gasteiger partial charge in [-0.2, -0.15) is 0 Å². The molecule has 0 aromatic carbocycles. The van der Waals surface area contributed by atoms with Crippen LogP contribution in [-0.2, 0) is 19.1 Å². The van der Waals surface area contributed by atoms with Crippen molar-refractivity contribution in [3.8, 4) is 0 Å². The quantitative estimate of drug-likeness (QED) is 0.0964. The second-order valence-corrected chi connectivity index (χ2v) is 10.7. The van der Waals surface area contributed by atoms with Crippen molar-refractivity contribution in [1.82, 2.24) is 0 Å². The molecule has 1 N–H and O–H groups in total. The normalized spacial score (nSPS) is 20.7. The zero-order chi connectivity index (χ0) is 27.7. The molecule has 202 valence electrons. The van der Waals surface area contributed by atoms with Crippen molar-refractivity contribution in [2.75, 3.05) is 6.61 Å². The first-order chi connectivity index (χ1) is 17.5. The Labute approximate surface area is 222 Å². The number of Topliss-reactive ketones (excluding diaryl/α,β-unsaturated/α-hetero) is 2. The Balaban J connectivity index is 2.44. The van der Waals surface area contributed by atoms with Crippen LogP contribution in [0.4, 0.5) is 0 Å². The van der Waals surface area contributed by atoms with E-state index in [0.717, 1.165) is 55.2 Å². The fourth-order valence-electron chi connectivity index (χ4n) is 5.01. The molecular formula is C32H44O5. The van der Waals surface area contributed by atoms with Crippen LogP contribution in [0, 0.1) is 11.8 Å². The van der Waals surface area contributed by atoms with Crippen molar-refractivity contribution in [1.29, 1.82) is 0 Å². The molecule has 2 atom stereocenters. The minimum Gasteiger partial charge on any atom is -0.507 e. The van der Waals surface area contributed by atoms with Crippen molar-refractivity contribution in [2.45, 2.75) is 92.9 Å². The molecule has 0 amide bonds. The molecule has 5 heteroatoms. The minimum absolute atomic E-state index is 0.00307. The van der Waals surface area contributed by atoms with Crippen molar-refractivity contribution in [3.05, 3.63) is 69.6 Å². The van der Waals surface area contributed by atoms with E-state index in [1.54, 1.807) is 0 Å². The van der Waals surface area contributed by atoms with Gasteiger partial charge in [-0.25, -0.2) is 4.79 Å². The number of ketones is 2. The number of ether oxygens (including phenoxy) is 1. The molecule has 1 unspecified atom stereocenters. The third-order valence-electron chi connectivity index (χ3n) is 7.20. The zero-order valence-electron chi connectivity index (χ0n) is 23.5. The molecule has 2 aliphatic rings. The lowest BCUT2D eigenvalue weighted by molar-refractivity contribution is -0.138. The maximum absolute atomic E-state index is 13.3. The lowest BCUT2D eigenvalue weighted by atomic mass is 9.70. The second-order valence-electron chi connectivity index (χ2n) is 10.7. The SMILES string of the molecule is C=C(C)C1CCC(C)=C[C@H]1C1=C(O)C(C(=O)OC/C=C(\C)CCC=C(C)C)=C(CCCCC)C(=O)C1=O. The summed E-state index contributed by atoms with van der Waals surface area (Å²) in [5.41, 5.74) is 4.22. The summed E-state index contributed by atoms with van der Waals surface area (Å²) in [5.74, 6) is -3.20. The van der Waals surface area contributed by atoms with Crippen LogP contribution in [0.3, 0.4) is 0 Å². The zero-order valence-corrected chi connectivity index (χ0v) is 23.5. The number of rotatable bonds is 12. The second kappa shape index (κ2) is 14.1. The molecule has 0 fully saturated rings. The molecule has 0 radical (unpaired) electrons. The highest BCUT2D eigenvalue weighted by molar-refractivity contribution is 6.51. The van der Waals surface area contributed by atoms with Crippen LogP contribution in [-0.4, -0.2) is 29.2 Å². The third-order valence-corrected chi connectivity index (χ3v) is 7.20. The largest absolute Gasteiger partial charge is 0.507 e. The van der Waals surface area contributed by atoms with Gasteiger partial charge in [0.2, 0.25) is 11.6 Å². The maximum atomic E-state index is 13.3. The number of hydrogen-bond acceptors (Lipinski definition) is 5. The first kappa shape index (κ1) is 30.3. The molecule has 0 bridgehead atoms. The van der Waals surface area contributed by atoms with Gasteiger partial charge in [-0.15, -0.1) is 0 Å². The molecule has 0 aromatic rings. The summed E-state index contributed by atoms with van der Waals surface area (Å²) < 4.78 is 5.52. The van der Waals surface area contributed by atoms with Crippen molar-refractivity contribution in [2.24, 2.45) is 11.8 Å². The van der Waals surface area contributed by atoms with E-state index in [0.29, 0.717) is 6.42 Å². The number of allylic oxidation sites excluding steroid dienone is 8. The Hall–Kier alpha value is -2.95. The number of carbonyl (C=O) groups excluding carboxylic acids is 3. The highest BCUT2D eigenvalue weighted by Crippen LogP contribution is 2.42. The summed E-state index contributed by atoms with van der Waals surface area (Å²) in [7, 11) is 0. The van der Waals surface area contributed by atoms with Gasteiger partial charge in [0.25, 0.3) is 0 Å². The monoisotopic (exact) mass is 508 g/mol. The van der Waals surface area contributed by atoms with Crippen LogP contribution in [0.2, 0.25) is 0 Å². The highest BCUT2D eigenvalue weighted by atomic mass is 16.5. The van der Waals surface area contributed by atoms with Crippen molar-refractivity contribution >= 4 is 17.5 Å². The van der Waals surface area contributed by atoms with E-state index < -0.39 is 29.2 Å². The number of aliphatic hydroxyl groups is 1. The van der Waals surface area contributed by atoms with Gasteiger partial charge in [0.15, 0.2) is 0 Å². The van der Waals surface area contributed by atoms with Crippen LogP contribution in [0.25, 0.3) is 0 Å². The van der Waals surface area contributed by atoms with Gasteiger partial charge in [0.1, 0.15) is 17.9 Å². The lowest BCUT2D eigenvalue weighted by Crippen LogP contribution is -2.35. The standard InChI is InChI=1S/C32H44O5/c1-8-9-10-14-25-28(32(36)37-18-17-22(6)13-11-12-20(2)3)30(34)27(31(35)29(25)33)26-19-23(7)15-16-24(26)21(4)5/h12,17,19,24,26,34H,4,8-11,13-16,18H2,1-3,5-7H3/b22-17+/t24?,26-/m1/s1. The predicted molar refractivity (Wildman–Crippen MR) is 149 cm³/mol. The molecule has 0 heterocycles. The van der Waals surface area contributed by atoms with E-state index in [1.807, 2.05) is 39.8 Å². The van der Waals surface area contributed by atoms with Gasteiger partial charge in [0.05, 0.1) is 5.57 Å². The van der Waals surface area contributed by atoms with Crippen LogP contribution >= 0.6 is 0 Å². The predicted octanol–water partition coefficient (Wildman–Crippen LogP) is 7.61. The van der Waals surface area contributed by atoms with Gasteiger partial charge < -0.3 is 9.84 Å². The van der Waals surface area contributed by atoms with E-state index in [9.17, 15) is 19.5 Å². The fraction of sp³-hybridized carbons (Fsp3) is 0.531. The Kier molecular flexibility index (Phi) is 11.5. The van der Waals surface area contributed by atoms with E-state index in [2.05, 4.69) is 26.5 Å². The summed E-state index contributed by atoms with van der Waals surface area (Å²) >= 11 is 0. The van der Waals surface area contributed by atoms with Gasteiger partial charge in [0, 0.05) is 11.5 Å². The fourth-order valence-corrected chi connectivity index (χ4v) is 5.01. The Morgan fingerprint density at radius 1 is 1.14 bits per heavy atom. The third kappa shape index (κ3) is 8.02. The van der Waals surface area contributed by atoms with Gasteiger partial charge >= 0.3 is 5.97 Å². The minimum atomic E-state index is -0.765. The first-order valence-corrected chi connectivity index (χ1v) is 13.5. The van der Waals surface area contributed by atoms with Crippen LogP contribution in [0.15, 0.2) is 69.6 Å². The van der Waals surface area contributed by atoms with Crippen LogP contribution in [0.1, 0.15) is 92.9 Å². The Morgan fingerprint density at radius 3 is 2.46 bits per heavy atom. The van der Waals surface area contributed by atoms with Gasteiger partial charge in [-0.05, 0) is 85.1 Å². The van der Waals surface area contributed by atoms with Crippen LogP contribution < -0.4 is 0 Å². The molecule has 0 saturated heterocycles. The van der Waals surface area contributed by atoms with E-state index in [1.165, 1.54) is 5.57 Å². The van der Waals surface area contributed by atoms with E-state index >= 15 is 0 Å². The molecule has 2 rings (SSSR count). The summed E-state index contributed by atoms with van der Waals surface area (Å²) in [6.45, 7) is 16.1. The molecule has 0 aliphatic heterocycles. The number of unbranched alkanes of at least 4 members (excludes halogenated alkanes) is 2. The van der Waals surface area contributed by atoms with Crippen molar-refractivity contribution in [3.63, 3.8) is 0 Å². The maximum Gasteiger partial charge on any atom is 0.342 e. The van der Waals surface area contributed by atoms with Crippen LogP contribution in [0.5, 0.6) is 0 Å². The number of aliphatic hydroxyl groups excluding tert-OH is 1. The highest BCUT2D eigenvalue weighted by Gasteiger charge is 2.43. The topological polar surface area (TPSA) is 80.7 Å². The molecule has 37 heavy (non-hydrogen) atoms. The first-order valence-electron chi connectivity index (χ1n) is 13.5. The summed E-state index contributed by atoms with van der Waals surface area (Å²) in [6, 6.07) is 0. The van der Waals surface area contributed by atoms with Gasteiger partial charge in [-0.3, -0.25) is 9.59 Å². The van der Waals surface area contributed by atoms with E-state index in [-0.39, 0.29) is 35.7 Å². The number of esters is 1. The van der Waals surface area contributed by atoms with Crippen molar-refractivity contribution < 1.29 is 24.2 Å². The average Bonchev–Trinajstić information content (AvgIpc) is 2.82. The smallest absolute Gasteiger partial charge is 0.342 e. The molecule has 0 saturated carbocycles. The molecular weight excluding hydrogens is 464 g/mol. The van der Waals surface area contributed by atoms with E-state index in [4.69, 9.17) is 4.74 Å². The summed E-state index contributed by atoms with van der Waals surface area (Å²) in [6.07, 6.45) is 12.0. The lowest BCUT2D eigenvalue weighted by Gasteiger charge is -2.33. The molecule has 0 aromatic heterocycles. The Bertz CT molecular complexity index is 1070. The molecule has 0 spiro atoms. The number of carbonyl (C=O) groups is 3. The molecule has 2 aliphatic carbocycles. The van der Waals surface area contributed by atoms with Gasteiger partial charge in [-0.1, -0.05) is 60.8 Å². The number of hydrogen-bond donors (Lipinski definition) is 1. The average molecular weight is 509 g/mol.